The minimum Gasteiger partial charge on any atom is -0.378 e. The van der Waals surface area contributed by atoms with Crippen LogP contribution in [0.4, 0.5) is 21.8 Å². The third-order valence-electron chi connectivity index (χ3n) is 6.18. The number of hydrogen-bond acceptors (Lipinski definition) is 10. The number of aromatic nitrogens is 5. The Morgan fingerprint density at radius 3 is 2.55 bits per heavy atom. The lowest BCUT2D eigenvalue weighted by Gasteiger charge is -2.28. The molecule has 1 fully saturated rings. The van der Waals surface area contributed by atoms with Crippen LogP contribution in [0.5, 0.6) is 0 Å². The number of allylic oxidation sites excluding steroid dienone is 5. The largest absolute Gasteiger partial charge is 0.378 e. The zero-order chi connectivity index (χ0) is 28.5. The SMILES string of the molecule is C\C=C/C(=C\C=C(/C)c1ccncn1)N(C)c1ccc(C(=O)NN(C)c2ncc(F)c(N3CCOCC3)n2)nc1. The number of carbonyl (C=O) groups is 1. The molecule has 0 aliphatic carbocycles. The zero-order valence-electron chi connectivity index (χ0n) is 23.0. The highest BCUT2D eigenvalue weighted by Crippen LogP contribution is 2.21. The molecule has 4 heterocycles. The number of halogens is 1. The van der Waals surface area contributed by atoms with Crippen LogP contribution < -0.4 is 20.2 Å². The van der Waals surface area contributed by atoms with Gasteiger partial charge in [-0.1, -0.05) is 12.2 Å². The molecule has 3 aromatic heterocycles. The Morgan fingerprint density at radius 2 is 1.88 bits per heavy atom. The summed E-state index contributed by atoms with van der Waals surface area (Å²) < 4.78 is 19.7. The number of hydrazine groups is 1. The molecule has 208 valence electrons. The van der Waals surface area contributed by atoms with Crippen LogP contribution in [0.3, 0.4) is 0 Å². The predicted molar refractivity (Wildman–Crippen MR) is 152 cm³/mol. The molecule has 1 aliphatic heterocycles. The average molecular weight is 546 g/mol. The van der Waals surface area contributed by atoms with Gasteiger partial charge in [-0.25, -0.2) is 24.3 Å². The molecule has 40 heavy (non-hydrogen) atoms. The van der Waals surface area contributed by atoms with Gasteiger partial charge in [-0.2, -0.15) is 4.98 Å². The molecule has 1 saturated heterocycles. The molecule has 1 aliphatic rings. The molecule has 1 amide bonds. The van der Waals surface area contributed by atoms with Crippen molar-refractivity contribution >= 4 is 28.9 Å². The number of rotatable bonds is 9. The topological polar surface area (TPSA) is 112 Å². The lowest BCUT2D eigenvalue weighted by atomic mass is 10.2. The van der Waals surface area contributed by atoms with E-state index in [4.69, 9.17) is 4.74 Å². The quantitative estimate of drug-likeness (QED) is 0.317. The number of nitrogens with zero attached hydrogens (tertiary/aromatic N) is 8. The third kappa shape index (κ3) is 7.03. The second kappa shape index (κ2) is 13.4. The number of hydrogen-bond donors (Lipinski definition) is 1. The van der Waals surface area contributed by atoms with E-state index in [0.717, 1.165) is 28.8 Å². The van der Waals surface area contributed by atoms with E-state index < -0.39 is 11.7 Å². The monoisotopic (exact) mass is 545 g/mol. The van der Waals surface area contributed by atoms with Gasteiger partial charge in [0.1, 0.15) is 12.0 Å². The number of nitrogens with one attached hydrogen (secondary N) is 1. The van der Waals surface area contributed by atoms with Crippen molar-refractivity contribution in [3.05, 3.63) is 90.3 Å². The molecule has 0 spiro atoms. The van der Waals surface area contributed by atoms with Gasteiger partial charge in [0.2, 0.25) is 5.95 Å². The number of carbonyl (C=O) groups excluding carboxylic acids is 1. The van der Waals surface area contributed by atoms with Gasteiger partial charge >= 0.3 is 0 Å². The molecule has 0 atom stereocenters. The Hall–Kier alpha value is -4.71. The maximum absolute atomic E-state index is 14.4. The van der Waals surface area contributed by atoms with Crippen molar-refractivity contribution in [3.63, 3.8) is 0 Å². The van der Waals surface area contributed by atoms with Gasteiger partial charge in [-0.05, 0) is 49.8 Å². The van der Waals surface area contributed by atoms with Crippen LogP contribution in [0.25, 0.3) is 5.57 Å². The zero-order valence-corrected chi connectivity index (χ0v) is 23.0. The molecule has 12 heteroatoms. The van der Waals surface area contributed by atoms with Gasteiger partial charge in [0.05, 0.1) is 37.0 Å². The van der Waals surface area contributed by atoms with Gasteiger partial charge in [0, 0.05) is 39.1 Å². The Kier molecular flexibility index (Phi) is 9.47. The molecule has 0 bridgehead atoms. The predicted octanol–water partition coefficient (Wildman–Crippen LogP) is 3.42. The number of morpholine rings is 1. The average Bonchev–Trinajstić information content (AvgIpc) is 2.99. The second-order valence-corrected chi connectivity index (χ2v) is 8.94. The molecule has 4 rings (SSSR count). The van der Waals surface area contributed by atoms with E-state index in [1.807, 2.05) is 62.2 Å². The van der Waals surface area contributed by atoms with E-state index in [0.29, 0.717) is 26.3 Å². The van der Waals surface area contributed by atoms with Crippen LogP contribution >= 0.6 is 0 Å². The summed E-state index contributed by atoms with van der Waals surface area (Å²) in [6, 6.07) is 5.30. The third-order valence-corrected chi connectivity index (χ3v) is 6.18. The van der Waals surface area contributed by atoms with Crippen LogP contribution in [0.1, 0.15) is 30.0 Å². The van der Waals surface area contributed by atoms with Crippen LogP contribution in [0.2, 0.25) is 0 Å². The first-order valence-electron chi connectivity index (χ1n) is 12.7. The van der Waals surface area contributed by atoms with Crippen molar-refractivity contribution in [1.82, 2.24) is 30.3 Å². The molecule has 1 N–H and O–H groups in total. The Bertz CT molecular complexity index is 1390. The Balaban J connectivity index is 1.44. The normalized spacial score (nSPS) is 14.4. The van der Waals surface area contributed by atoms with Gasteiger partial charge in [-0.3, -0.25) is 15.2 Å². The highest BCUT2D eigenvalue weighted by atomic mass is 19.1. The van der Waals surface area contributed by atoms with Crippen LogP contribution in [-0.2, 0) is 4.74 Å². The summed E-state index contributed by atoms with van der Waals surface area (Å²) in [6.45, 7) is 5.97. The molecule has 0 saturated carbocycles. The smallest absolute Gasteiger partial charge is 0.288 e. The van der Waals surface area contributed by atoms with Crippen molar-refractivity contribution in [2.45, 2.75) is 13.8 Å². The van der Waals surface area contributed by atoms with Crippen molar-refractivity contribution < 1.29 is 13.9 Å². The summed E-state index contributed by atoms with van der Waals surface area (Å²) >= 11 is 0. The molecule has 3 aromatic rings. The summed E-state index contributed by atoms with van der Waals surface area (Å²) in [5.41, 5.74) is 6.44. The fraction of sp³-hybridized carbons (Fsp3) is 0.286. The second-order valence-electron chi connectivity index (χ2n) is 8.94. The summed E-state index contributed by atoms with van der Waals surface area (Å²) in [5, 5.41) is 1.34. The van der Waals surface area contributed by atoms with E-state index >= 15 is 0 Å². The fourth-order valence-electron chi connectivity index (χ4n) is 3.90. The summed E-state index contributed by atoms with van der Waals surface area (Å²) in [6.07, 6.45) is 13.8. The number of likely N-dealkylation sites (N-methyl/N-ethyl adjacent to an activating group) is 1. The fourth-order valence-corrected chi connectivity index (χ4v) is 3.90. The van der Waals surface area contributed by atoms with Crippen molar-refractivity contribution in [3.8, 4) is 0 Å². The standard InChI is InChI=1S/C28H32FN9O2/c1-5-6-21(8-7-20(2)24-11-12-30-19-33-24)36(3)22-9-10-25(31-17-22)27(39)35-37(4)28-32-18-23(29)26(34-28)38-13-15-40-16-14-38/h5-12,17-19H,13-16H2,1-4H3,(H,35,39)/b6-5-,20-7+,21-8+. The highest BCUT2D eigenvalue weighted by Gasteiger charge is 2.20. The van der Waals surface area contributed by atoms with Crippen LogP contribution in [0, 0.1) is 5.82 Å². The van der Waals surface area contributed by atoms with Crippen molar-refractivity contribution in [2.75, 3.05) is 55.2 Å². The number of ether oxygens (including phenoxy) is 1. The van der Waals surface area contributed by atoms with Crippen molar-refractivity contribution in [1.29, 1.82) is 0 Å². The Labute approximate surface area is 232 Å². The molecular weight excluding hydrogens is 513 g/mol. The maximum atomic E-state index is 14.4. The minimum absolute atomic E-state index is 0.152. The lowest BCUT2D eigenvalue weighted by Crippen LogP contribution is -2.42. The first kappa shape index (κ1) is 28.3. The van der Waals surface area contributed by atoms with E-state index in [-0.39, 0.29) is 17.5 Å². The maximum Gasteiger partial charge on any atom is 0.288 e. The van der Waals surface area contributed by atoms with E-state index in [2.05, 4.69) is 30.3 Å². The van der Waals surface area contributed by atoms with E-state index in [9.17, 15) is 9.18 Å². The molecule has 0 unspecified atom stereocenters. The molecule has 0 aromatic carbocycles. The number of pyridine rings is 1. The first-order chi connectivity index (χ1) is 19.4. The van der Waals surface area contributed by atoms with Crippen molar-refractivity contribution in [2.24, 2.45) is 0 Å². The van der Waals surface area contributed by atoms with Crippen LogP contribution in [0.15, 0.2) is 73.1 Å². The Morgan fingerprint density at radius 1 is 1.07 bits per heavy atom. The lowest BCUT2D eigenvalue weighted by molar-refractivity contribution is 0.0946. The summed E-state index contributed by atoms with van der Waals surface area (Å²) in [7, 11) is 3.50. The van der Waals surface area contributed by atoms with Gasteiger partial charge in [-0.15, -0.1) is 0 Å². The van der Waals surface area contributed by atoms with Gasteiger partial charge < -0.3 is 14.5 Å². The highest BCUT2D eigenvalue weighted by molar-refractivity contribution is 5.93. The first-order valence-corrected chi connectivity index (χ1v) is 12.7. The number of anilines is 3. The minimum atomic E-state index is -0.530. The van der Waals surface area contributed by atoms with Gasteiger partial charge in [0.15, 0.2) is 11.6 Å². The molecule has 11 nitrogen and oxygen atoms in total. The van der Waals surface area contributed by atoms with E-state index in [1.165, 1.54) is 11.3 Å². The van der Waals surface area contributed by atoms with E-state index in [1.54, 1.807) is 30.4 Å². The summed E-state index contributed by atoms with van der Waals surface area (Å²) in [5.74, 6) is -0.658. The number of amides is 1. The molecular formula is C28H32FN9O2. The van der Waals surface area contributed by atoms with Gasteiger partial charge in [0.25, 0.3) is 5.91 Å². The summed E-state index contributed by atoms with van der Waals surface area (Å²) in [4.78, 5) is 37.6. The molecule has 0 radical (unpaired) electrons. The van der Waals surface area contributed by atoms with Crippen LogP contribution in [-0.4, -0.2) is 71.2 Å².